The minimum absolute atomic E-state index is 0.0236. The molecule has 0 amide bonds. The maximum Gasteiger partial charge on any atom is 0.303 e. The summed E-state index contributed by atoms with van der Waals surface area (Å²) in [6.45, 7) is 8.51. The van der Waals surface area contributed by atoms with Crippen molar-refractivity contribution < 1.29 is 14.6 Å². The van der Waals surface area contributed by atoms with Gasteiger partial charge in [0.25, 0.3) is 0 Å². The molecule has 1 unspecified atom stereocenters. The molecule has 0 radical (unpaired) electrons. The number of benzene rings is 1. The van der Waals surface area contributed by atoms with E-state index in [4.69, 9.17) is 4.74 Å². The molecule has 1 saturated heterocycles. The average molecular weight is 413 g/mol. The lowest BCUT2D eigenvalue weighted by Crippen LogP contribution is -2.39. The van der Waals surface area contributed by atoms with E-state index in [9.17, 15) is 9.90 Å². The van der Waals surface area contributed by atoms with Crippen LogP contribution >= 0.6 is 0 Å². The van der Waals surface area contributed by atoms with E-state index in [1.165, 1.54) is 0 Å². The third-order valence-electron chi connectivity index (χ3n) is 5.75. The number of hydrogen-bond donors (Lipinski definition) is 2. The number of hydrogen-bond acceptors (Lipinski definition) is 6. The van der Waals surface area contributed by atoms with Gasteiger partial charge >= 0.3 is 5.97 Å². The minimum Gasteiger partial charge on any atom is -0.481 e. The number of rotatable bonds is 9. The molecule has 2 heterocycles. The molecule has 3 rings (SSSR count). The van der Waals surface area contributed by atoms with Gasteiger partial charge in [0.15, 0.2) is 0 Å². The number of nitrogens with zero attached hydrogens (tertiary/aromatic N) is 3. The molecule has 30 heavy (non-hydrogen) atoms. The Bertz CT molecular complexity index is 835. The predicted molar refractivity (Wildman–Crippen MR) is 119 cm³/mol. The van der Waals surface area contributed by atoms with Crippen LogP contribution in [0.2, 0.25) is 0 Å². The quantitative estimate of drug-likeness (QED) is 0.627. The molecule has 1 aromatic heterocycles. The standard InChI is InChI=1S/C23H32N4O3/c1-4-17(13-23(28)29)18-6-7-22(27(5-2)20-8-10-30-11-9-20)21(12-18)26-19-14-24-16(3)25-15-19/h6-7,12,14-15,17,20,26H,4-5,8-11,13H2,1-3H3,(H,28,29). The van der Waals surface area contributed by atoms with E-state index in [1.807, 2.05) is 13.8 Å². The van der Waals surface area contributed by atoms with Gasteiger partial charge in [0.1, 0.15) is 5.82 Å². The van der Waals surface area contributed by atoms with Gasteiger partial charge in [0.05, 0.1) is 35.9 Å². The fraction of sp³-hybridized carbons (Fsp3) is 0.522. The molecular formula is C23H32N4O3. The van der Waals surface area contributed by atoms with Crippen molar-refractivity contribution in [1.82, 2.24) is 9.97 Å². The molecule has 1 fully saturated rings. The lowest BCUT2D eigenvalue weighted by molar-refractivity contribution is -0.137. The zero-order chi connectivity index (χ0) is 21.5. The van der Waals surface area contributed by atoms with E-state index >= 15 is 0 Å². The summed E-state index contributed by atoms with van der Waals surface area (Å²) < 4.78 is 5.55. The molecule has 162 valence electrons. The maximum absolute atomic E-state index is 11.3. The molecule has 1 atom stereocenters. The van der Waals surface area contributed by atoms with Crippen molar-refractivity contribution in [3.8, 4) is 0 Å². The van der Waals surface area contributed by atoms with Gasteiger partial charge in [-0.05, 0) is 56.7 Å². The van der Waals surface area contributed by atoms with E-state index in [0.717, 1.165) is 67.5 Å². The Balaban J connectivity index is 1.98. The summed E-state index contributed by atoms with van der Waals surface area (Å²) in [7, 11) is 0. The molecule has 1 aliphatic rings. The van der Waals surface area contributed by atoms with Crippen LogP contribution in [0.5, 0.6) is 0 Å². The van der Waals surface area contributed by atoms with Crippen LogP contribution in [-0.4, -0.2) is 46.8 Å². The molecule has 7 heteroatoms. The Kier molecular flexibility index (Phi) is 7.63. The summed E-state index contributed by atoms with van der Waals surface area (Å²) in [5, 5.41) is 12.8. The molecule has 1 aromatic carbocycles. The molecule has 0 aliphatic carbocycles. The summed E-state index contributed by atoms with van der Waals surface area (Å²) in [6.07, 6.45) is 6.45. The van der Waals surface area contributed by atoms with Crippen LogP contribution < -0.4 is 10.2 Å². The number of carboxylic acids is 1. The topological polar surface area (TPSA) is 87.6 Å². The molecule has 7 nitrogen and oxygen atoms in total. The van der Waals surface area contributed by atoms with Crippen molar-refractivity contribution in [2.24, 2.45) is 0 Å². The third kappa shape index (κ3) is 5.48. The second-order valence-corrected chi connectivity index (χ2v) is 7.75. The number of ether oxygens (including phenoxy) is 1. The zero-order valence-electron chi connectivity index (χ0n) is 18.1. The number of aryl methyl sites for hydroxylation is 1. The van der Waals surface area contributed by atoms with Crippen molar-refractivity contribution in [2.45, 2.75) is 58.4 Å². The first kappa shape index (κ1) is 22.0. The van der Waals surface area contributed by atoms with Crippen molar-refractivity contribution in [3.63, 3.8) is 0 Å². The van der Waals surface area contributed by atoms with Crippen LogP contribution in [0.1, 0.15) is 56.8 Å². The Morgan fingerprint density at radius 3 is 2.57 bits per heavy atom. The molecule has 2 aromatic rings. The second-order valence-electron chi connectivity index (χ2n) is 7.75. The number of aliphatic carboxylic acids is 1. The lowest BCUT2D eigenvalue weighted by Gasteiger charge is -2.36. The number of nitrogens with one attached hydrogen (secondary N) is 1. The second kappa shape index (κ2) is 10.4. The molecule has 0 saturated carbocycles. The fourth-order valence-electron chi connectivity index (χ4n) is 4.10. The smallest absolute Gasteiger partial charge is 0.303 e. The van der Waals surface area contributed by atoms with E-state index in [2.05, 4.69) is 45.3 Å². The minimum atomic E-state index is -0.773. The van der Waals surface area contributed by atoms with E-state index in [0.29, 0.717) is 6.04 Å². The Labute approximate surface area is 178 Å². The third-order valence-corrected chi connectivity index (χ3v) is 5.75. The van der Waals surface area contributed by atoms with Gasteiger partial charge in [-0.2, -0.15) is 0 Å². The number of aromatic nitrogens is 2. The molecule has 0 bridgehead atoms. The largest absolute Gasteiger partial charge is 0.481 e. The highest BCUT2D eigenvalue weighted by molar-refractivity contribution is 5.76. The first-order chi connectivity index (χ1) is 14.5. The lowest BCUT2D eigenvalue weighted by atomic mass is 9.92. The summed E-state index contributed by atoms with van der Waals surface area (Å²) in [6, 6.07) is 6.71. The highest BCUT2D eigenvalue weighted by Crippen LogP contribution is 2.36. The van der Waals surface area contributed by atoms with Crippen LogP contribution in [0.15, 0.2) is 30.6 Å². The Morgan fingerprint density at radius 1 is 1.27 bits per heavy atom. The van der Waals surface area contributed by atoms with Gasteiger partial charge in [-0.15, -0.1) is 0 Å². The van der Waals surface area contributed by atoms with Crippen LogP contribution in [0.25, 0.3) is 0 Å². The number of carbonyl (C=O) groups is 1. The molecule has 1 aliphatic heterocycles. The first-order valence-corrected chi connectivity index (χ1v) is 10.8. The van der Waals surface area contributed by atoms with E-state index in [1.54, 1.807) is 12.4 Å². The highest BCUT2D eigenvalue weighted by Gasteiger charge is 2.24. The highest BCUT2D eigenvalue weighted by atomic mass is 16.5. The van der Waals surface area contributed by atoms with Gasteiger partial charge in [0, 0.05) is 25.8 Å². The van der Waals surface area contributed by atoms with Crippen LogP contribution in [-0.2, 0) is 9.53 Å². The SMILES string of the molecule is CCC(CC(=O)O)c1ccc(N(CC)C2CCOCC2)c(Nc2cnc(C)nc2)c1. The van der Waals surface area contributed by atoms with Crippen LogP contribution in [0.4, 0.5) is 17.1 Å². The average Bonchev–Trinajstić information content (AvgIpc) is 2.76. The molecule has 0 spiro atoms. The van der Waals surface area contributed by atoms with Gasteiger partial charge < -0.3 is 20.1 Å². The van der Waals surface area contributed by atoms with Crippen molar-refractivity contribution in [1.29, 1.82) is 0 Å². The Hall–Kier alpha value is -2.67. The van der Waals surface area contributed by atoms with Gasteiger partial charge in [-0.1, -0.05) is 13.0 Å². The maximum atomic E-state index is 11.3. The van der Waals surface area contributed by atoms with Crippen molar-refractivity contribution in [3.05, 3.63) is 42.0 Å². The summed E-state index contributed by atoms with van der Waals surface area (Å²) in [4.78, 5) is 22.3. The van der Waals surface area contributed by atoms with Gasteiger partial charge in [0.2, 0.25) is 0 Å². The fourth-order valence-corrected chi connectivity index (χ4v) is 4.10. The zero-order valence-corrected chi connectivity index (χ0v) is 18.1. The van der Waals surface area contributed by atoms with Gasteiger partial charge in [-0.3, -0.25) is 4.79 Å². The summed E-state index contributed by atoms with van der Waals surface area (Å²) in [5.74, 6) is -0.0753. The molecule has 2 N–H and O–H groups in total. The van der Waals surface area contributed by atoms with E-state index < -0.39 is 5.97 Å². The Morgan fingerprint density at radius 2 is 1.97 bits per heavy atom. The monoisotopic (exact) mass is 412 g/mol. The normalized spacial score (nSPS) is 15.6. The molecular weight excluding hydrogens is 380 g/mol. The van der Waals surface area contributed by atoms with Crippen LogP contribution in [0.3, 0.4) is 0 Å². The summed E-state index contributed by atoms with van der Waals surface area (Å²) >= 11 is 0. The van der Waals surface area contributed by atoms with Crippen molar-refractivity contribution >= 4 is 23.0 Å². The summed E-state index contributed by atoms with van der Waals surface area (Å²) in [5.41, 5.74) is 3.91. The number of anilines is 3. The predicted octanol–water partition coefficient (Wildman–Crippen LogP) is 4.50. The van der Waals surface area contributed by atoms with Gasteiger partial charge in [-0.25, -0.2) is 9.97 Å². The van der Waals surface area contributed by atoms with Crippen molar-refractivity contribution in [2.75, 3.05) is 30.0 Å². The van der Waals surface area contributed by atoms with E-state index in [-0.39, 0.29) is 12.3 Å². The first-order valence-electron chi connectivity index (χ1n) is 10.8. The van der Waals surface area contributed by atoms with Crippen LogP contribution in [0, 0.1) is 6.92 Å². The number of carboxylic acid groups (broad SMARTS) is 1.